The lowest BCUT2D eigenvalue weighted by atomic mass is 9.94. The highest BCUT2D eigenvalue weighted by Gasteiger charge is 2.24. The third-order valence-electron chi connectivity index (χ3n) is 3.80. The second-order valence-corrected chi connectivity index (χ2v) is 5.11. The Morgan fingerprint density at radius 3 is 2.75 bits per heavy atom. The van der Waals surface area contributed by atoms with Gasteiger partial charge >= 0.3 is 0 Å². The molecule has 2 N–H and O–H groups in total. The fourth-order valence-electron chi connectivity index (χ4n) is 2.65. The van der Waals surface area contributed by atoms with Crippen molar-refractivity contribution >= 4 is 5.91 Å². The molecule has 4 nitrogen and oxygen atoms in total. The molecule has 0 aliphatic carbocycles. The van der Waals surface area contributed by atoms with E-state index in [9.17, 15) is 9.18 Å². The summed E-state index contributed by atoms with van der Waals surface area (Å²) in [5.41, 5.74) is 6.45. The molecule has 1 atom stereocenters. The fraction of sp³-hybridized carbons (Fsp3) is 0.533. The average Bonchev–Trinajstić information content (AvgIpc) is 2.98. The molecule has 1 heterocycles. The molecule has 0 bridgehead atoms. The Labute approximate surface area is 118 Å². The van der Waals surface area contributed by atoms with E-state index >= 15 is 0 Å². The molecule has 20 heavy (non-hydrogen) atoms. The van der Waals surface area contributed by atoms with Gasteiger partial charge in [0.1, 0.15) is 11.6 Å². The SMILES string of the molecule is COc1ccc(F)cc1C(CN)CC(=O)N1CCCC1. The van der Waals surface area contributed by atoms with E-state index in [1.165, 1.54) is 19.2 Å². The van der Waals surface area contributed by atoms with Gasteiger partial charge in [-0.05, 0) is 37.6 Å². The topological polar surface area (TPSA) is 55.6 Å². The Balaban J connectivity index is 2.14. The monoisotopic (exact) mass is 280 g/mol. The molecule has 5 heteroatoms. The molecule has 1 aliphatic rings. The maximum Gasteiger partial charge on any atom is 0.223 e. The van der Waals surface area contributed by atoms with Gasteiger partial charge in [0, 0.05) is 31.0 Å². The summed E-state index contributed by atoms with van der Waals surface area (Å²) in [6.07, 6.45) is 2.42. The van der Waals surface area contributed by atoms with Crippen molar-refractivity contribution < 1.29 is 13.9 Å². The van der Waals surface area contributed by atoms with Crippen molar-refractivity contribution in [3.63, 3.8) is 0 Å². The average molecular weight is 280 g/mol. The smallest absolute Gasteiger partial charge is 0.223 e. The second-order valence-electron chi connectivity index (χ2n) is 5.11. The van der Waals surface area contributed by atoms with Crippen molar-refractivity contribution in [3.05, 3.63) is 29.6 Å². The number of carbonyl (C=O) groups excluding carboxylic acids is 1. The van der Waals surface area contributed by atoms with Gasteiger partial charge in [-0.2, -0.15) is 0 Å². The molecule has 1 fully saturated rings. The van der Waals surface area contributed by atoms with Gasteiger partial charge in [0.25, 0.3) is 0 Å². The predicted molar refractivity (Wildman–Crippen MR) is 75.2 cm³/mol. The number of nitrogens with two attached hydrogens (primary N) is 1. The lowest BCUT2D eigenvalue weighted by Gasteiger charge is -2.21. The van der Waals surface area contributed by atoms with Crippen LogP contribution in [0.25, 0.3) is 0 Å². The van der Waals surface area contributed by atoms with Crippen LogP contribution in [0.4, 0.5) is 4.39 Å². The first-order valence-corrected chi connectivity index (χ1v) is 6.97. The zero-order valence-electron chi connectivity index (χ0n) is 11.8. The number of methoxy groups -OCH3 is 1. The summed E-state index contributed by atoms with van der Waals surface area (Å²) in [7, 11) is 1.53. The Morgan fingerprint density at radius 1 is 1.45 bits per heavy atom. The Kier molecular flexibility index (Phi) is 4.95. The van der Waals surface area contributed by atoms with Crippen LogP contribution in [-0.4, -0.2) is 37.6 Å². The quantitative estimate of drug-likeness (QED) is 0.896. The summed E-state index contributed by atoms with van der Waals surface area (Å²) in [5, 5.41) is 0. The van der Waals surface area contributed by atoms with Crippen molar-refractivity contribution in [2.24, 2.45) is 5.73 Å². The summed E-state index contributed by atoms with van der Waals surface area (Å²) >= 11 is 0. The van der Waals surface area contributed by atoms with E-state index in [2.05, 4.69) is 0 Å². The summed E-state index contributed by atoms with van der Waals surface area (Å²) in [6.45, 7) is 1.92. The van der Waals surface area contributed by atoms with Crippen LogP contribution in [0, 0.1) is 5.82 Å². The Hall–Kier alpha value is -1.62. The molecule has 110 valence electrons. The largest absolute Gasteiger partial charge is 0.496 e. The van der Waals surface area contributed by atoms with Gasteiger partial charge in [0.2, 0.25) is 5.91 Å². The minimum atomic E-state index is -0.340. The number of hydrogen-bond acceptors (Lipinski definition) is 3. The fourth-order valence-corrected chi connectivity index (χ4v) is 2.65. The molecule has 0 saturated carbocycles. The Bertz CT molecular complexity index is 473. The standard InChI is InChI=1S/C15H21FN2O2/c1-20-14-5-4-12(16)9-13(14)11(10-17)8-15(19)18-6-2-3-7-18/h4-5,9,11H,2-3,6-8,10,17H2,1H3. The van der Waals surface area contributed by atoms with Crippen molar-refractivity contribution in [1.29, 1.82) is 0 Å². The molecule has 1 amide bonds. The minimum absolute atomic E-state index is 0.0873. The number of ether oxygens (including phenoxy) is 1. The van der Waals surface area contributed by atoms with E-state index in [0.29, 0.717) is 24.3 Å². The van der Waals surface area contributed by atoms with Crippen LogP contribution < -0.4 is 10.5 Å². The van der Waals surface area contributed by atoms with Crippen LogP contribution in [-0.2, 0) is 4.79 Å². The van der Waals surface area contributed by atoms with Gasteiger partial charge in [-0.25, -0.2) is 4.39 Å². The van der Waals surface area contributed by atoms with Crippen LogP contribution in [0.2, 0.25) is 0 Å². The number of rotatable bonds is 5. The second kappa shape index (κ2) is 6.70. The molecule has 1 aliphatic heterocycles. The van der Waals surface area contributed by atoms with E-state index in [4.69, 9.17) is 10.5 Å². The molecule has 2 rings (SSSR count). The van der Waals surface area contributed by atoms with E-state index in [1.54, 1.807) is 6.07 Å². The van der Waals surface area contributed by atoms with E-state index < -0.39 is 0 Å². The third kappa shape index (κ3) is 3.28. The molecule has 1 aromatic carbocycles. The van der Waals surface area contributed by atoms with Gasteiger partial charge in [-0.15, -0.1) is 0 Å². The number of likely N-dealkylation sites (tertiary alicyclic amines) is 1. The highest BCUT2D eigenvalue weighted by atomic mass is 19.1. The number of carbonyl (C=O) groups is 1. The van der Waals surface area contributed by atoms with Crippen LogP contribution in [0.5, 0.6) is 5.75 Å². The number of nitrogens with zero attached hydrogens (tertiary/aromatic N) is 1. The summed E-state index contributed by atoms with van der Waals surface area (Å²) in [4.78, 5) is 14.1. The van der Waals surface area contributed by atoms with Crippen LogP contribution in [0.15, 0.2) is 18.2 Å². The van der Waals surface area contributed by atoms with Crippen LogP contribution in [0.3, 0.4) is 0 Å². The number of halogens is 1. The first-order valence-electron chi connectivity index (χ1n) is 6.97. The predicted octanol–water partition coefficient (Wildman–Crippen LogP) is 1.89. The molecule has 1 aromatic rings. The van der Waals surface area contributed by atoms with Crippen LogP contribution >= 0.6 is 0 Å². The van der Waals surface area contributed by atoms with Crippen molar-refractivity contribution in [3.8, 4) is 5.75 Å². The Morgan fingerprint density at radius 2 is 2.15 bits per heavy atom. The van der Waals surface area contributed by atoms with E-state index in [0.717, 1.165) is 25.9 Å². The molecule has 1 unspecified atom stereocenters. The summed E-state index contributed by atoms with van der Waals surface area (Å²) in [6, 6.07) is 4.33. The maximum atomic E-state index is 13.4. The molecular weight excluding hydrogens is 259 g/mol. The molecule has 1 saturated heterocycles. The first kappa shape index (κ1) is 14.8. The highest BCUT2D eigenvalue weighted by Crippen LogP contribution is 2.30. The maximum absolute atomic E-state index is 13.4. The zero-order valence-corrected chi connectivity index (χ0v) is 11.8. The van der Waals surface area contributed by atoms with Crippen LogP contribution in [0.1, 0.15) is 30.7 Å². The lowest BCUT2D eigenvalue weighted by molar-refractivity contribution is -0.130. The molecular formula is C15H21FN2O2. The summed E-state index contributed by atoms with van der Waals surface area (Å²) < 4.78 is 18.7. The van der Waals surface area contributed by atoms with Gasteiger partial charge < -0.3 is 15.4 Å². The molecule has 0 aromatic heterocycles. The van der Waals surface area contributed by atoms with Gasteiger partial charge in [0.05, 0.1) is 7.11 Å². The number of benzene rings is 1. The summed E-state index contributed by atoms with van der Waals surface area (Å²) in [5.74, 6) is 0.113. The third-order valence-corrected chi connectivity index (χ3v) is 3.80. The van der Waals surface area contributed by atoms with Gasteiger partial charge in [0.15, 0.2) is 0 Å². The minimum Gasteiger partial charge on any atom is -0.496 e. The van der Waals surface area contributed by atoms with Crippen molar-refractivity contribution in [2.45, 2.75) is 25.2 Å². The van der Waals surface area contributed by atoms with Crippen molar-refractivity contribution in [1.82, 2.24) is 4.90 Å². The van der Waals surface area contributed by atoms with E-state index in [1.807, 2.05) is 4.90 Å². The zero-order chi connectivity index (χ0) is 14.5. The first-order chi connectivity index (χ1) is 9.65. The number of amides is 1. The van der Waals surface area contributed by atoms with Gasteiger partial charge in [-0.3, -0.25) is 4.79 Å². The van der Waals surface area contributed by atoms with Gasteiger partial charge in [-0.1, -0.05) is 0 Å². The van der Waals surface area contributed by atoms with Crippen molar-refractivity contribution in [2.75, 3.05) is 26.7 Å². The highest BCUT2D eigenvalue weighted by molar-refractivity contribution is 5.77. The van der Waals surface area contributed by atoms with E-state index in [-0.39, 0.29) is 17.6 Å². The lowest BCUT2D eigenvalue weighted by Crippen LogP contribution is -2.30. The molecule has 0 spiro atoms. The molecule has 0 radical (unpaired) electrons. The number of hydrogen-bond donors (Lipinski definition) is 1. The normalized spacial score (nSPS) is 16.2.